The number of hydrogen-bond donors (Lipinski definition) is 0. The zero-order valence-corrected chi connectivity index (χ0v) is 14.0. The van der Waals surface area contributed by atoms with Gasteiger partial charge in [0.05, 0.1) is 12.2 Å². The fraction of sp³-hybridized carbons (Fsp3) is 0.579. The van der Waals surface area contributed by atoms with Crippen molar-refractivity contribution in [1.82, 2.24) is 19.9 Å². The fourth-order valence-corrected chi connectivity index (χ4v) is 3.30. The highest BCUT2D eigenvalue weighted by Crippen LogP contribution is 2.11. The van der Waals surface area contributed by atoms with E-state index in [9.17, 15) is 0 Å². The van der Waals surface area contributed by atoms with Gasteiger partial charge in [-0.2, -0.15) is 0 Å². The monoisotopic (exact) mass is 312 g/mol. The standard InChI is InChI=1S/C19H28N4/c1-2-8-14-22(13-7-1)15-9-6-12-19-17-23(21-20-19)16-18-10-4-3-5-11-18/h3-5,10-11,17H,1-2,6-9,12-16H2. The van der Waals surface area contributed by atoms with Crippen molar-refractivity contribution in [2.75, 3.05) is 19.6 Å². The summed E-state index contributed by atoms with van der Waals surface area (Å²) in [5.41, 5.74) is 2.39. The van der Waals surface area contributed by atoms with Crippen LogP contribution in [0.2, 0.25) is 0 Å². The van der Waals surface area contributed by atoms with Gasteiger partial charge in [0.15, 0.2) is 0 Å². The van der Waals surface area contributed by atoms with Gasteiger partial charge in [-0.05, 0) is 57.3 Å². The van der Waals surface area contributed by atoms with Crippen molar-refractivity contribution in [1.29, 1.82) is 0 Å². The zero-order chi connectivity index (χ0) is 15.7. The summed E-state index contributed by atoms with van der Waals surface area (Å²) in [5.74, 6) is 0. The molecule has 1 aliphatic rings. The molecule has 3 rings (SSSR count). The Bertz CT molecular complexity index is 556. The van der Waals surface area contributed by atoms with Crippen molar-refractivity contribution in [3.63, 3.8) is 0 Å². The van der Waals surface area contributed by atoms with Crippen molar-refractivity contribution in [2.24, 2.45) is 0 Å². The first-order valence-corrected chi connectivity index (χ1v) is 9.05. The second-order valence-electron chi connectivity index (χ2n) is 6.61. The van der Waals surface area contributed by atoms with Crippen LogP contribution >= 0.6 is 0 Å². The molecular weight excluding hydrogens is 284 g/mol. The molecule has 1 fully saturated rings. The first kappa shape index (κ1) is 16.2. The van der Waals surface area contributed by atoms with Crippen molar-refractivity contribution in [3.05, 3.63) is 47.8 Å². The van der Waals surface area contributed by atoms with Gasteiger partial charge in [-0.1, -0.05) is 48.4 Å². The molecular formula is C19H28N4. The van der Waals surface area contributed by atoms with Crippen molar-refractivity contribution in [2.45, 2.75) is 51.5 Å². The summed E-state index contributed by atoms with van der Waals surface area (Å²) in [6.45, 7) is 4.65. The van der Waals surface area contributed by atoms with Crippen LogP contribution < -0.4 is 0 Å². The lowest BCUT2D eigenvalue weighted by molar-refractivity contribution is 0.279. The summed E-state index contributed by atoms with van der Waals surface area (Å²) in [4.78, 5) is 2.64. The first-order chi connectivity index (χ1) is 11.4. The Balaban J connectivity index is 1.37. The van der Waals surface area contributed by atoms with Crippen LogP contribution in [0.5, 0.6) is 0 Å². The van der Waals surface area contributed by atoms with E-state index in [4.69, 9.17) is 0 Å². The van der Waals surface area contributed by atoms with Gasteiger partial charge < -0.3 is 4.90 Å². The van der Waals surface area contributed by atoms with E-state index in [2.05, 4.69) is 45.7 Å². The van der Waals surface area contributed by atoms with Gasteiger partial charge in [-0.25, -0.2) is 4.68 Å². The summed E-state index contributed by atoms with van der Waals surface area (Å²) < 4.78 is 1.94. The highest BCUT2D eigenvalue weighted by atomic mass is 15.4. The van der Waals surface area contributed by atoms with E-state index in [1.807, 2.05) is 10.7 Å². The highest BCUT2D eigenvalue weighted by molar-refractivity contribution is 5.14. The Hall–Kier alpha value is -1.68. The molecule has 0 amide bonds. The van der Waals surface area contributed by atoms with Crippen LogP contribution in [0.4, 0.5) is 0 Å². The van der Waals surface area contributed by atoms with Gasteiger partial charge in [0.1, 0.15) is 0 Å². The van der Waals surface area contributed by atoms with E-state index >= 15 is 0 Å². The Labute approximate surface area is 139 Å². The van der Waals surface area contributed by atoms with E-state index < -0.39 is 0 Å². The van der Waals surface area contributed by atoms with Crippen LogP contribution in [0.1, 0.15) is 49.8 Å². The molecule has 0 N–H and O–H groups in total. The maximum absolute atomic E-state index is 4.31. The quantitative estimate of drug-likeness (QED) is 0.734. The molecule has 1 aromatic heterocycles. The highest BCUT2D eigenvalue weighted by Gasteiger charge is 2.08. The molecule has 124 valence electrons. The third-order valence-corrected chi connectivity index (χ3v) is 4.63. The van der Waals surface area contributed by atoms with Gasteiger partial charge in [0.2, 0.25) is 0 Å². The van der Waals surface area contributed by atoms with Crippen molar-refractivity contribution < 1.29 is 0 Å². The molecule has 23 heavy (non-hydrogen) atoms. The Morgan fingerprint density at radius 1 is 0.913 bits per heavy atom. The minimum atomic E-state index is 0.807. The van der Waals surface area contributed by atoms with Crippen molar-refractivity contribution in [3.8, 4) is 0 Å². The van der Waals surface area contributed by atoms with Gasteiger partial charge in [0, 0.05) is 6.20 Å². The Kier molecular flexibility index (Phi) is 6.21. The van der Waals surface area contributed by atoms with Gasteiger partial charge >= 0.3 is 0 Å². The number of rotatable bonds is 7. The van der Waals surface area contributed by atoms with E-state index in [0.717, 1.165) is 18.7 Å². The molecule has 0 aliphatic carbocycles. The predicted molar refractivity (Wildman–Crippen MR) is 93.4 cm³/mol. The van der Waals surface area contributed by atoms with E-state index in [-0.39, 0.29) is 0 Å². The lowest BCUT2D eigenvalue weighted by Crippen LogP contribution is -2.25. The lowest BCUT2D eigenvalue weighted by Gasteiger charge is -2.19. The smallest absolute Gasteiger partial charge is 0.0827 e. The summed E-state index contributed by atoms with van der Waals surface area (Å²) in [5, 5.41) is 8.56. The van der Waals surface area contributed by atoms with E-state index in [1.165, 1.54) is 63.7 Å². The van der Waals surface area contributed by atoms with E-state index in [1.54, 1.807) is 0 Å². The van der Waals surface area contributed by atoms with Crippen LogP contribution in [-0.2, 0) is 13.0 Å². The zero-order valence-electron chi connectivity index (χ0n) is 14.0. The summed E-state index contributed by atoms with van der Waals surface area (Å²) in [6.07, 6.45) is 11.2. The SMILES string of the molecule is c1ccc(Cn2cc(CCCCN3CCCCCC3)nn2)cc1. The number of benzene rings is 1. The molecule has 0 spiro atoms. The van der Waals surface area contributed by atoms with Gasteiger partial charge in [0.25, 0.3) is 0 Å². The Morgan fingerprint density at radius 3 is 2.48 bits per heavy atom. The molecule has 0 radical (unpaired) electrons. The second-order valence-corrected chi connectivity index (χ2v) is 6.61. The summed E-state index contributed by atoms with van der Waals surface area (Å²) in [6, 6.07) is 10.4. The normalized spacial score (nSPS) is 16.3. The van der Waals surface area contributed by atoms with Gasteiger partial charge in [-0.3, -0.25) is 0 Å². The number of unbranched alkanes of at least 4 members (excludes halogenated alkanes) is 1. The van der Waals surface area contributed by atoms with Crippen LogP contribution in [0.15, 0.2) is 36.5 Å². The Morgan fingerprint density at radius 2 is 1.70 bits per heavy atom. The topological polar surface area (TPSA) is 34.0 Å². The maximum Gasteiger partial charge on any atom is 0.0827 e. The van der Waals surface area contributed by atoms with Crippen LogP contribution in [-0.4, -0.2) is 39.5 Å². The minimum Gasteiger partial charge on any atom is -0.303 e. The molecule has 4 nitrogen and oxygen atoms in total. The number of hydrogen-bond acceptors (Lipinski definition) is 3. The molecule has 2 heterocycles. The number of aromatic nitrogens is 3. The average Bonchev–Trinajstić information content (AvgIpc) is 2.86. The van der Waals surface area contributed by atoms with E-state index in [0.29, 0.717) is 0 Å². The number of aryl methyl sites for hydroxylation is 1. The molecule has 0 unspecified atom stereocenters. The lowest BCUT2D eigenvalue weighted by atomic mass is 10.2. The van der Waals surface area contributed by atoms with Crippen LogP contribution in [0.25, 0.3) is 0 Å². The maximum atomic E-state index is 4.31. The molecule has 0 atom stereocenters. The van der Waals surface area contributed by atoms with Gasteiger partial charge in [-0.15, -0.1) is 5.10 Å². The molecule has 1 aliphatic heterocycles. The number of nitrogens with zero attached hydrogens (tertiary/aromatic N) is 4. The average molecular weight is 312 g/mol. The summed E-state index contributed by atoms with van der Waals surface area (Å²) >= 11 is 0. The third-order valence-electron chi connectivity index (χ3n) is 4.63. The number of likely N-dealkylation sites (tertiary alicyclic amines) is 1. The molecule has 1 aromatic carbocycles. The molecule has 0 bridgehead atoms. The third kappa shape index (κ3) is 5.47. The first-order valence-electron chi connectivity index (χ1n) is 9.05. The van der Waals surface area contributed by atoms with Crippen LogP contribution in [0.3, 0.4) is 0 Å². The fourth-order valence-electron chi connectivity index (χ4n) is 3.30. The molecule has 4 heteroatoms. The summed E-state index contributed by atoms with van der Waals surface area (Å²) in [7, 11) is 0. The second kappa shape index (κ2) is 8.82. The molecule has 2 aromatic rings. The molecule has 0 saturated carbocycles. The molecule has 1 saturated heterocycles. The largest absolute Gasteiger partial charge is 0.303 e. The van der Waals surface area contributed by atoms with Crippen LogP contribution in [0, 0.1) is 0 Å². The minimum absolute atomic E-state index is 0.807. The van der Waals surface area contributed by atoms with Crippen molar-refractivity contribution >= 4 is 0 Å². The predicted octanol–water partition coefficient (Wildman–Crippen LogP) is 3.53.